The Balaban J connectivity index is 1.51. The van der Waals surface area contributed by atoms with Gasteiger partial charge in [0.25, 0.3) is 17.4 Å². The molecule has 1 fully saturated rings. The van der Waals surface area contributed by atoms with Crippen LogP contribution in [0.2, 0.25) is 5.02 Å². The molecule has 0 aromatic heterocycles. The van der Waals surface area contributed by atoms with Crippen LogP contribution < -0.4 is 4.74 Å². The third-order valence-corrected chi connectivity index (χ3v) is 7.49. The van der Waals surface area contributed by atoms with E-state index in [1.54, 1.807) is 32.3 Å². The van der Waals surface area contributed by atoms with E-state index in [2.05, 4.69) is 0 Å². The standard InChI is InChI=1S/C29H36ClF3N2O4/c1-27(2,39-22-12-13-23(24(30)19-22)25(36)34(3)4)16-8-9-20-14-17-35(18-15-20)26(37)28(38,29(31,32)33)21-10-6-5-7-11-21/h5-7,10-13,19-20,38H,8-9,14-18H2,1-4H3/t28-/m1/s1. The highest BCUT2D eigenvalue weighted by molar-refractivity contribution is 6.34. The van der Waals surface area contributed by atoms with Crippen molar-refractivity contribution in [3.05, 3.63) is 64.7 Å². The number of hydrogen-bond acceptors (Lipinski definition) is 4. The molecule has 1 saturated heterocycles. The minimum Gasteiger partial charge on any atom is -0.488 e. The summed E-state index contributed by atoms with van der Waals surface area (Å²) in [5, 5.41) is 10.9. The van der Waals surface area contributed by atoms with E-state index in [1.165, 1.54) is 23.1 Å². The minimum atomic E-state index is -5.14. The normalized spacial score (nSPS) is 16.5. The number of carbonyl (C=O) groups excluding carboxylic acids is 2. The molecule has 2 aromatic rings. The third-order valence-electron chi connectivity index (χ3n) is 7.18. The molecule has 2 amide bonds. The Bertz CT molecular complexity index is 1150. The summed E-state index contributed by atoms with van der Waals surface area (Å²) in [6.45, 7) is 4.24. The maximum atomic E-state index is 13.9. The molecule has 0 spiro atoms. The zero-order chi connectivity index (χ0) is 29.0. The molecular formula is C29H36ClF3N2O4. The average Bonchev–Trinajstić information content (AvgIpc) is 2.87. The monoisotopic (exact) mass is 568 g/mol. The highest BCUT2D eigenvalue weighted by atomic mass is 35.5. The quantitative estimate of drug-likeness (QED) is 0.399. The van der Waals surface area contributed by atoms with Crippen molar-refractivity contribution in [3.8, 4) is 5.75 Å². The molecule has 2 aromatic carbocycles. The molecule has 1 atom stereocenters. The summed E-state index contributed by atoms with van der Waals surface area (Å²) in [6.07, 6.45) is -1.62. The molecule has 1 heterocycles. The number of piperidine rings is 1. The Morgan fingerprint density at radius 1 is 1.08 bits per heavy atom. The highest BCUT2D eigenvalue weighted by Gasteiger charge is 2.62. The largest absolute Gasteiger partial charge is 0.488 e. The molecule has 1 N–H and O–H groups in total. The van der Waals surface area contributed by atoms with Gasteiger partial charge in [-0.2, -0.15) is 13.2 Å². The summed E-state index contributed by atoms with van der Waals surface area (Å²) >= 11 is 6.29. The first kappa shape index (κ1) is 30.8. The van der Waals surface area contributed by atoms with Gasteiger partial charge in [-0.05, 0) is 63.6 Å². The first-order valence-corrected chi connectivity index (χ1v) is 13.4. The topological polar surface area (TPSA) is 70.1 Å². The number of carbonyl (C=O) groups is 2. The van der Waals surface area contributed by atoms with Gasteiger partial charge >= 0.3 is 6.18 Å². The molecule has 3 rings (SSSR count). The van der Waals surface area contributed by atoms with E-state index in [4.69, 9.17) is 16.3 Å². The SMILES string of the molecule is CN(C)C(=O)c1ccc(OC(C)(C)CCCC2CCN(C(=O)[C@](O)(c3ccccc3)C(F)(F)F)CC2)cc1Cl. The van der Waals surface area contributed by atoms with Crippen molar-refractivity contribution in [1.82, 2.24) is 9.80 Å². The van der Waals surface area contributed by atoms with Gasteiger partial charge in [0, 0.05) is 32.7 Å². The van der Waals surface area contributed by atoms with Gasteiger partial charge < -0.3 is 19.6 Å². The number of nitrogens with zero attached hydrogens (tertiary/aromatic N) is 2. The second-order valence-corrected chi connectivity index (χ2v) is 11.3. The lowest BCUT2D eigenvalue weighted by atomic mass is 9.87. The van der Waals surface area contributed by atoms with Crippen molar-refractivity contribution < 1.29 is 32.6 Å². The fourth-order valence-corrected chi connectivity index (χ4v) is 5.15. The van der Waals surface area contributed by atoms with E-state index in [-0.39, 0.29) is 24.9 Å². The van der Waals surface area contributed by atoms with Gasteiger partial charge in [-0.3, -0.25) is 9.59 Å². The third kappa shape index (κ3) is 7.25. The molecule has 6 nitrogen and oxygen atoms in total. The van der Waals surface area contributed by atoms with Crippen LogP contribution in [0.3, 0.4) is 0 Å². The number of rotatable bonds is 9. The van der Waals surface area contributed by atoms with Crippen LogP contribution in [-0.4, -0.2) is 65.7 Å². The van der Waals surface area contributed by atoms with Crippen LogP contribution in [0.15, 0.2) is 48.5 Å². The zero-order valence-corrected chi connectivity index (χ0v) is 23.5. The van der Waals surface area contributed by atoms with Crippen LogP contribution in [0, 0.1) is 5.92 Å². The van der Waals surface area contributed by atoms with E-state index < -0.39 is 28.8 Å². The van der Waals surface area contributed by atoms with Crippen molar-refractivity contribution in [2.75, 3.05) is 27.2 Å². The Labute approximate surface area is 232 Å². The number of aliphatic hydroxyl groups is 1. The lowest BCUT2D eigenvalue weighted by Gasteiger charge is -2.38. The number of halogens is 4. The predicted octanol–water partition coefficient (Wildman–Crippen LogP) is 6.06. The molecule has 0 saturated carbocycles. The summed E-state index contributed by atoms with van der Waals surface area (Å²) in [7, 11) is 3.31. The Hall–Kier alpha value is -2.78. The average molecular weight is 569 g/mol. The fourth-order valence-electron chi connectivity index (χ4n) is 4.90. The van der Waals surface area contributed by atoms with Crippen LogP contribution in [0.25, 0.3) is 0 Å². The van der Waals surface area contributed by atoms with Crippen LogP contribution in [0.5, 0.6) is 5.75 Å². The van der Waals surface area contributed by atoms with Crippen molar-refractivity contribution in [1.29, 1.82) is 0 Å². The summed E-state index contributed by atoms with van der Waals surface area (Å²) in [6, 6.07) is 11.5. The van der Waals surface area contributed by atoms with Crippen LogP contribution in [0.4, 0.5) is 13.2 Å². The van der Waals surface area contributed by atoms with Crippen molar-refractivity contribution in [2.24, 2.45) is 5.92 Å². The highest BCUT2D eigenvalue weighted by Crippen LogP contribution is 2.41. The van der Waals surface area contributed by atoms with Crippen LogP contribution in [-0.2, 0) is 10.4 Å². The molecule has 0 aliphatic carbocycles. The van der Waals surface area contributed by atoms with Gasteiger partial charge in [-0.15, -0.1) is 0 Å². The minimum absolute atomic E-state index is 0.158. The lowest BCUT2D eigenvalue weighted by Crippen LogP contribution is -2.57. The Morgan fingerprint density at radius 3 is 2.23 bits per heavy atom. The van der Waals surface area contributed by atoms with Crippen molar-refractivity contribution in [3.63, 3.8) is 0 Å². The van der Waals surface area contributed by atoms with E-state index in [0.717, 1.165) is 36.3 Å². The number of amides is 2. The van der Waals surface area contributed by atoms with E-state index in [0.29, 0.717) is 29.2 Å². The predicted molar refractivity (Wildman–Crippen MR) is 144 cm³/mol. The number of hydrogen-bond donors (Lipinski definition) is 1. The fraction of sp³-hybridized carbons (Fsp3) is 0.517. The molecule has 39 heavy (non-hydrogen) atoms. The van der Waals surface area contributed by atoms with E-state index in [9.17, 15) is 27.9 Å². The van der Waals surface area contributed by atoms with Gasteiger partial charge in [0.1, 0.15) is 11.4 Å². The van der Waals surface area contributed by atoms with Gasteiger partial charge in [-0.25, -0.2) is 0 Å². The number of ether oxygens (including phenoxy) is 1. The van der Waals surface area contributed by atoms with Gasteiger partial charge in [0.05, 0.1) is 10.6 Å². The van der Waals surface area contributed by atoms with E-state index in [1.807, 2.05) is 13.8 Å². The molecule has 0 radical (unpaired) electrons. The summed E-state index contributed by atoms with van der Waals surface area (Å²) in [5.74, 6) is -0.707. The molecule has 10 heteroatoms. The van der Waals surface area contributed by atoms with Gasteiger partial charge in [0.15, 0.2) is 0 Å². The van der Waals surface area contributed by atoms with Crippen molar-refractivity contribution in [2.45, 2.75) is 63.3 Å². The number of alkyl halides is 3. The molecule has 214 valence electrons. The lowest BCUT2D eigenvalue weighted by molar-refractivity contribution is -0.262. The smallest absolute Gasteiger partial charge is 0.430 e. The second-order valence-electron chi connectivity index (χ2n) is 10.9. The molecular weight excluding hydrogens is 533 g/mol. The first-order valence-electron chi connectivity index (χ1n) is 13.0. The Morgan fingerprint density at radius 2 is 1.69 bits per heavy atom. The van der Waals surface area contributed by atoms with Gasteiger partial charge in [-0.1, -0.05) is 48.4 Å². The van der Waals surface area contributed by atoms with Gasteiger partial charge in [0.2, 0.25) is 0 Å². The summed E-state index contributed by atoms with van der Waals surface area (Å²) in [4.78, 5) is 27.7. The van der Waals surface area contributed by atoms with Crippen LogP contribution in [0.1, 0.15) is 61.9 Å². The number of benzene rings is 2. The van der Waals surface area contributed by atoms with Crippen molar-refractivity contribution >= 4 is 23.4 Å². The summed E-state index contributed by atoms with van der Waals surface area (Å²) < 4.78 is 47.8. The molecule has 1 aliphatic rings. The van der Waals surface area contributed by atoms with E-state index >= 15 is 0 Å². The Kier molecular flexibility index (Phi) is 9.60. The molecule has 1 aliphatic heterocycles. The molecule has 0 unspecified atom stereocenters. The second kappa shape index (κ2) is 12.2. The van der Waals surface area contributed by atoms with Crippen LogP contribution >= 0.6 is 11.6 Å². The zero-order valence-electron chi connectivity index (χ0n) is 22.7. The maximum absolute atomic E-state index is 13.9. The first-order chi connectivity index (χ1) is 18.2. The molecule has 0 bridgehead atoms. The summed E-state index contributed by atoms with van der Waals surface area (Å²) in [5.41, 5.74) is -4.16. The number of likely N-dealkylation sites (tertiary alicyclic amines) is 1. The maximum Gasteiger partial charge on any atom is 0.430 e.